The first-order chi connectivity index (χ1) is 13.2. The molecular weight excluding hydrogens is 364 g/mol. The van der Waals surface area contributed by atoms with Gasteiger partial charge in [0.25, 0.3) is 11.1 Å². The molecule has 0 bridgehead atoms. The second kappa shape index (κ2) is 9.23. The number of nitrogens with zero attached hydrogens (tertiary/aromatic N) is 1. The Hall–Kier alpha value is -2.80. The fourth-order valence-electron chi connectivity index (χ4n) is 2.42. The summed E-state index contributed by atoms with van der Waals surface area (Å²) in [5, 5.41) is 3.21. The summed E-state index contributed by atoms with van der Waals surface area (Å²) in [5.41, 5.74) is 2.75. The number of nitrogens with one attached hydrogen (secondary N) is 1. The number of carbonyl (C=O) groups excluding carboxylic acids is 2. The summed E-state index contributed by atoms with van der Waals surface area (Å²) in [6.45, 7) is 2.23. The molecule has 2 aromatic carbocycles. The number of thioether (sulfide) groups is 1. The molecule has 0 saturated heterocycles. The number of amides is 1. The van der Waals surface area contributed by atoms with Crippen LogP contribution in [0.2, 0.25) is 0 Å². The number of hydrogen-bond donors (Lipinski definition) is 1. The number of rotatable bonds is 8. The van der Waals surface area contributed by atoms with Gasteiger partial charge >= 0.3 is 5.97 Å². The average Bonchev–Trinajstić information content (AvgIpc) is 3.12. The third kappa shape index (κ3) is 5.10. The third-order valence-electron chi connectivity index (χ3n) is 3.77. The minimum Gasteiger partial charge on any atom is -0.452 e. The molecule has 0 saturated carbocycles. The van der Waals surface area contributed by atoms with E-state index in [1.54, 1.807) is 12.1 Å². The highest BCUT2D eigenvalue weighted by Gasteiger charge is 2.15. The van der Waals surface area contributed by atoms with Crippen LogP contribution >= 0.6 is 11.8 Å². The van der Waals surface area contributed by atoms with E-state index in [1.807, 2.05) is 43.3 Å². The number of oxazole rings is 1. The lowest BCUT2D eigenvalue weighted by Gasteiger charge is -2.09. The van der Waals surface area contributed by atoms with Gasteiger partial charge in [-0.3, -0.25) is 4.79 Å². The second-order valence-corrected chi connectivity index (χ2v) is 6.75. The van der Waals surface area contributed by atoms with Gasteiger partial charge in [0.05, 0.1) is 5.56 Å². The molecule has 0 fully saturated rings. The smallest absolute Gasteiger partial charge is 0.338 e. The molecule has 0 aliphatic carbocycles. The van der Waals surface area contributed by atoms with Gasteiger partial charge in [0.2, 0.25) is 0 Å². The summed E-state index contributed by atoms with van der Waals surface area (Å²) in [6, 6.07) is 14.7. The van der Waals surface area contributed by atoms with E-state index in [0.29, 0.717) is 23.1 Å². The SMILES string of the molecule is CCCNC(=O)COC(=O)c1ccccc1CSc1nc2ccccc2o1. The molecular formula is C20H20N2O4S. The standard InChI is InChI=1S/C20H20N2O4S/c1-2-11-21-18(23)12-25-19(24)15-8-4-3-7-14(15)13-27-20-22-16-9-5-6-10-17(16)26-20/h3-10H,2,11-13H2,1H3,(H,21,23). The Bertz CT molecular complexity index is 905. The molecule has 1 aromatic heterocycles. The van der Waals surface area contributed by atoms with Crippen molar-refractivity contribution in [3.8, 4) is 0 Å². The lowest BCUT2D eigenvalue weighted by atomic mass is 10.1. The van der Waals surface area contributed by atoms with E-state index < -0.39 is 5.97 Å². The summed E-state index contributed by atoms with van der Waals surface area (Å²) in [7, 11) is 0. The maximum atomic E-state index is 12.3. The van der Waals surface area contributed by atoms with Crippen molar-refractivity contribution in [2.24, 2.45) is 0 Å². The van der Waals surface area contributed by atoms with Crippen molar-refractivity contribution in [3.63, 3.8) is 0 Å². The largest absolute Gasteiger partial charge is 0.452 e. The number of aromatic nitrogens is 1. The summed E-state index contributed by atoms with van der Waals surface area (Å²) in [5.74, 6) is -0.320. The number of benzene rings is 2. The molecule has 1 N–H and O–H groups in total. The summed E-state index contributed by atoms with van der Waals surface area (Å²) in [4.78, 5) is 28.4. The molecule has 0 atom stereocenters. The molecule has 27 heavy (non-hydrogen) atoms. The number of fused-ring (bicyclic) bond motifs is 1. The Morgan fingerprint density at radius 1 is 1.15 bits per heavy atom. The normalized spacial score (nSPS) is 10.7. The van der Waals surface area contributed by atoms with Crippen LogP contribution in [0, 0.1) is 0 Å². The Morgan fingerprint density at radius 3 is 2.74 bits per heavy atom. The van der Waals surface area contributed by atoms with Crippen molar-refractivity contribution in [2.45, 2.75) is 24.3 Å². The highest BCUT2D eigenvalue weighted by atomic mass is 32.2. The van der Waals surface area contributed by atoms with E-state index >= 15 is 0 Å². The maximum absolute atomic E-state index is 12.3. The molecule has 7 heteroatoms. The average molecular weight is 384 g/mol. The molecule has 1 heterocycles. The van der Waals surface area contributed by atoms with E-state index in [-0.39, 0.29) is 12.5 Å². The molecule has 6 nitrogen and oxygen atoms in total. The quantitative estimate of drug-likeness (QED) is 0.470. The number of carbonyl (C=O) groups is 2. The number of hydrogen-bond acceptors (Lipinski definition) is 6. The predicted molar refractivity (Wildman–Crippen MR) is 104 cm³/mol. The van der Waals surface area contributed by atoms with Gasteiger partial charge in [-0.05, 0) is 30.2 Å². The molecule has 1 amide bonds. The van der Waals surface area contributed by atoms with Crippen LogP contribution in [0.4, 0.5) is 0 Å². The Balaban J connectivity index is 1.62. The van der Waals surface area contributed by atoms with Gasteiger partial charge in [0.1, 0.15) is 5.52 Å². The summed E-state index contributed by atoms with van der Waals surface area (Å²) >= 11 is 1.40. The zero-order valence-electron chi connectivity index (χ0n) is 14.9. The van der Waals surface area contributed by atoms with Gasteiger partial charge in [-0.2, -0.15) is 0 Å². The fourth-order valence-corrected chi connectivity index (χ4v) is 3.26. The van der Waals surface area contributed by atoms with Crippen LogP contribution in [-0.4, -0.2) is 30.0 Å². The molecule has 140 valence electrons. The van der Waals surface area contributed by atoms with Crippen LogP contribution in [-0.2, 0) is 15.3 Å². The lowest BCUT2D eigenvalue weighted by Crippen LogP contribution is -2.29. The number of para-hydroxylation sites is 2. The molecule has 3 rings (SSSR count). The lowest BCUT2D eigenvalue weighted by molar-refractivity contribution is -0.124. The second-order valence-electron chi connectivity index (χ2n) is 5.82. The number of ether oxygens (including phenoxy) is 1. The summed E-state index contributed by atoms with van der Waals surface area (Å²) < 4.78 is 10.8. The molecule has 0 unspecified atom stereocenters. The van der Waals surface area contributed by atoms with Crippen molar-refractivity contribution in [3.05, 3.63) is 59.7 Å². The van der Waals surface area contributed by atoms with Gasteiger partial charge in [-0.25, -0.2) is 9.78 Å². The van der Waals surface area contributed by atoms with Gasteiger partial charge < -0.3 is 14.5 Å². The highest BCUT2D eigenvalue weighted by Crippen LogP contribution is 2.27. The molecule has 0 spiro atoms. The van der Waals surface area contributed by atoms with E-state index in [4.69, 9.17) is 9.15 Å². The molecule has 3 aromatic rings. The van der Waals surface area contributed by atoms with E-state index in [0.717, 1.165) is 23.1 Å². The highest BCUT2D eigenvalue weighted by molar-refractivity contribution is 7.98. The number of esters is 1. The molecule has 0 radical (unpaired) electrons. The first-order valence-electron chi connectivity index (χ1n) is 8.67. The van der Waals surface area contributed by atoms with Crippen LogP contribution in [0.5, 0.6) is 0 Å². The maximum Gasteiger partial charge on any atom is 0.338 e. The van der Waals surface area contributed by atoms with Crippen LogP contribution in [0.25, 0.3) is 11.1 Å². The minimum absolute atomic E-state index is 0.286. The first-order valence-corrected chi connectivity index (χ1v) is 9.66. The Labute approximate surface area is 161 Å². The third-order valence-corrected chi connectivity index (χ3v) is 4.65. The first kappa shape index (κ1) is 19.0. The molecule has 0 aliphatic rings. The Kier molecular flexibility index (Phi) is 6.49. The minimum atomic E-state index is -0.518. The van der Waals surface area contributed by atoms with E-state index in [1.165, 1.54) is 11.8 Å². The van der Waals surface area contributed by atoms with Crippen LogP contribution in [0.1, 0.15) is 29.3 Å². The topological polar surface area (TPSA) is 81.4 Å². The van der Waals surface area contributed by atoms with Crippen LogP contribution in [0.3, 0.4) is 0 Å². The van der Waals surface area contributed by atoms with Crippen molar-refractivity contribution in [1.29, 1.82) is 0 Å². The van der Waals surface area contributed by atoms with Crippen molar-refractivity contribution in [1.82, 2.24) is 10.3 Å². The zero-order chi connectivity index (χ0) is 19.1. The zero-order valence-corrected chi connectivity index (χ0v) is 15.8. The fraction of sp³-hybridized carbons (Fsp3) is 0.250. The van der Waals surface area contributed by atoms with Crippen LogP contribution < -0.4 is 5.32 Å². The van der Waals surface area contributed by atoms with Gasteiger partial charge in [-0.15, -0.1) is 0 Å². The predicted octanol–water partition coefficient (Wildman–Crippen LogP) is 3.80. The van der Waals surface area contributed by atoms with E-state index in [2.05, 4.69) is 10.3 Å². The van der Waals surface area contributed by atoms with Crippen molar-refractivity contribution < 1.29 is 18.7 Å². The van der Waals surface area contributed by atoms with Gasteiger partial charge in [0, 0.05) is 12.3 Å². The Morgan fingerprint density at radius 2 is 1.93 bits per heavy atom. The van der Waals surface area contributed by atoms with Gasteiger partial charge in [0.15, 0.2) is 12.2 Å². The van der Waals surface area contributed by atoms with Crippen molar-refractivity contribution in [2.75, 3.05) is 13.2 Å². The molecule has 0 aliphatic heterocycles. The van der Waals surface area contributed by atoms with Crippen LogP contribution in [0.15, 0.2) is 58.2 Å². The summed E-state index contributed by atoms with van der Waals surface area (Å²) in [6.07, 6.45) is 0.829. The van der Waals surface area contributed by atoms with Gasteiger partial charge in [-0.1, -0.05) is 49.0 Å². The van der Waals surface area contributed by atoms with Crippen molar-refractivity contribution >= 4 is 34.7 Å². The monoisotopic (exact) mass is 384 g/mol. The van der Waals surface area contributed by atoms with E-state index in [9.17, 15) is 9.59 Å².